The van der Waals surface area contributed by atoms with Crippen molar-refractivity contribution in [2.75, 3.05) is 68.4 Å². The Morgan fingerprint density at radius 3 is 1.49 bits per heavy atom. The van der Waals surface area contributed by atoms with Gasteiger partial charge in [-0.15, -0.1) is 12.4 Å². The van der Waals surface area contributed by atoms with Gasteiger partial charge in [0.05, 0.1) is 17.3 Å². The van der Waals surface area contributed by atoms with Crippen LogP contribution < -0.4 is 14.9 Å². The standard InChI is InChI=1S/C15H20N4O3S.C14H19N5O3S.ClH/c1-11-8-12-13(9-14(11)20)16-10-17-15(12)18-4-3-5-19(7-6-18)23(2,21)22;1-10-7-11-12(8-13(10)20)16-9-17-14(11)18-3-2-4-19(6-5-18)23(15,21)22;/h8-10,20H,3-7H2,1-2H3;7-9,20H,2-6H2,1H3,(H2,15,21,22);1H. The van der Waals surface area contributed by atoms with Crippen LogP contribution >= 0.6 is 12.4 Å². The molecule has 2 saturated heterocycles. The average molecular weight is 710 g/mol. The van der Waals surface area contributed by atoms with E-state index < -0.39 is 20.2 Å². The van der Waals surface area contributed by atoms with Crippen molar-refractivity contribution in [3.05, 3.63) is 48.0 Å². The Morgan fingerprint density at radius 1 is 0.638 bits per heavy atom. The van der Waals surface area contributed by atoms with Gasteiger partial charge in [0.25, 0.3) is 10.2 Å². The minimum Gasteiger partial charge on any atom is -0.508 e. The number of fused-ring (bicyclic) bond motifs is 2. The highest BCUT2D eigenvalue weighted by molar-refractivity contribution is 7.88. The van der Waals surface area contributed by atoms with Gasteiger partial charge >= 0.3 is 0 Å². The minimum absolute atomic E-state index is 0. The number of anilines is 2. The van der Waals surface area contributed by atoms with Gasteiger partial charge in [0.15, 0.2) is 0 Å². The number of halogens is 1. The van der Waals surface area contributed by atoms with E-state index >= 15 is 0 Å². The molecule has 4 N–H and O–H groups in total. The number of aromatic hydroxyl groups is 2. The third-order valence-electron chi connectivity index (χ3n) is 8.20. The van der Waals surface area contributed by atoms with Crippen LogP contribution in [0.15, 0.2) is 36.9 Å². The number of benzene rings is 2. The highest BCUT2D eigenvalue weighted by atomic mass is 35.5. The van der Waals surface area contributed by atoms with Crippen LogP contribution in [0.4, 0.5) is 11.6 Å². The van der Waals surface area contributed by atoms with E-state index in [0.29, 0.717) is 63.3 Å². The monoisotopic (exact) mass is 709 g/mol. The van der Waals surface area contributed by atoms with Gasteiger partial charge in [0.2, 0.25) is 10.0 Å². The van der Waals surface area contributed by atoms with E-state index in [1.807, 2.05) is 30.9 Å². The summed E-state index contributed by atoms with van der Waals surface area (Å²) in [5, 5.41) is 26.6. The zero-order valence-electron chi connectivity index (χ0n) is 26.4. The summed E-state index contributed by atoms with van der Waals surface area (Å²) >= 11 is 0. The van der Waals surface area contributed by atoms with Gasteiger partial charge in [-0.25, -0.2) is 37.8 Å². The van der Waals surface area contributed by atoms with Gasteiger partial charge in [-0.1, -0.05) is 0 Å². The Bertz CT molecular complexity index is 1830. The predicted octanol–water partition coefficient (Wildman–Crippen LogP) is 1.90. The summed E-state index contributed by atoms with van der Waals surface area (Å²) < 4.78 is 49.3. The van der Waals surface area contributed by atoms with E-state index in [4.69, 9.17) is 5.14 Å². The third kappa shape index (κ3) is 8.46. The number of aryl methyl sites for hydroxylation is 2. The molecule has 15 nitrogen and oxygen atoms in total. The maximum atomic E-state index is 11.7. The summed E-state index contributed by atoms with van der Waals surface area (Å²) in [6.07, 6.45) is 5.59. The largest absolute Gasteiger partial charge is 0.508 e. The first-order chi connectivity index (χ1) is 21.7. The Hall–Kier alpha value is -3.61. The molecule has 6 rings (SSSR count). The SMILES string of the molecule is Cc1cc2c(N3CCCN(S(C)(=O)=O)CC3)ncnc2cc1O.Cc1cc2c(N3CCCN(S(N)(=O)=O)CC3)ncnc2cc1O.Cl. The number of sulfonamides is 1. The Morgan fingerprint density at radius 2 is 1.06 bits per heavy atom. The lowest BCUT2D eigenvalue weighted by molar-refractivity contribution is 0.434. The molecule has 47 heavy (non-hydrogen) atoms. The number of hydrogen-bond donors (Lipinski definition) is 3. The van der Waals surface area contributed by atoms with Crippen molar-refractivity contribution >= 4 is 66.1 Å². The maximum Gasteiger partial charge on any atom is 0.276 e. The molecule has 0 bridgehead atoms. The van der Waals surface area contributed by atoms with Crippen LogP contribution in [0.3, 0.4) is 0 Å². The molecule has 256 valence electrons. The molecule has 4 heterocycles. The van der Waals surface area contributed by atoms with Gasteiger partial charge in [0.1, 0.15) is 35.8 Å². The fourth-order valence-electron chi connectivity index (χ4n) is 5.67. The fraction of sp³-hybridized carbons (Fsp3) is 0.448. The van der Waals surface area contributed by atoms with Crippen LogP contribution in [-0.4, -0.2) is 114 Å². The third-order valence-corrected chi connectivity index (χ3v) is 10.6. The van der Waals surface area contributed by atoms with Crippen molar-refractivity contribution in [3.8, 4) is 11.5 Å². The average Bonchev–Trinajstić information content (AvgIpc) is 3.40. The summed E-state index contributed by atoms with van der Waals surface area (Å²) in [5.74, 6) is 1.93. The summed E-state index contributed by atoms with van der Waals surface area (Å²) in [5.41, 5.74) is 2.85. The lowest BCUT2D eigenvalue weighted by Crippen LogP contribution is -2.39. The number of hydrogen-bond acceptors (Lipinski definition) is 12. The molecule has 2 fully saturated rings. The van der Waals surface area contributed by atoms with Crippen molar-refractivity contribution in [1.82, 2.24) is 28.5 Å². The van der Waals surface area contributed by atoms with Gasteiger partial charge in [-0.05, 0) is 49.9 Å². The molecule has 2 aromatic heterocycles. The van der Waals surface area contributed by atoms with Gasteiger partial charge in [0, 0.05) is 75.3 Å². The molecular weight excluding hydrogens is 670 g/mol. The number of nitrogens with zero attached hydrogens (tertiary/aromatic N) is 8. The molecular formula is C29H40ClN9O6S2. The molecule has 0 radical (unpaired) electrons. The fourth-order valence-corrected chi connectivity index (χ4v) is 7.27. The molecule has 0 aliphatic carbocycles. The first kappa shape index (κ1) is 36.2. The summed E-state index contributed by atoms with van der Waals surface area (Å²) in [7, 11) is -6.84. The topological polar surface area (TPSA) is 199 Å². The smallest absolute Gasteiger partial charge is 0.276 e. The molecule has 0 amide bonds. The second-order valence-electron chi connectivity index (χ2n) is 11.5. The van der Waals surface area contributed by atoms with Gasteiger partial charge in [-0.2, -0.15) is 12.7 Å². The normalized spacial score (nSPS) is 17.0. The Kier molecular flexibility index (Phi) is 11.3. The van der Waals surface area contributed by atoms with Crippen LogP contribution in [0.1, 0.15) is 24.0 Å². The van der Waals surface area contributed by atoms with Crippen molar-refractivity contribution in [2.24, 2.45) is 5.14 Å². The maximum absolute atomic E-state index is 11.7. The zero-order valence-corrected chi connectivity index (χ0v) is 28.9. The molecule has 18 heteroatoms. The van der Waals surface area contributed by atoms with E-state index in [0.717, 1.165) is 46.5 Å². The second-order valence-corrected chi connectivity index (χ2v) is 15.0. The van der Waals surface area contributed by atoms with Crippen molar-refractivity contribution < 1.29 is 27.0 Å². The lowest BCUT2D eigenvalue weighted by Gasteiger charge is -2.23. The van der Waals surface area contributed by atoms with Crippen LogP contribution in [-0.2, 0) is 20.2 Å². The van der Waals surface area contributed by atoms with Crippen LogP contribution in [0.2, 0.25) is 0 Å². The summed E-state index contributed by atoms with van der Waals surface area (Å²) in [4.78, 5) is 21.3. The number of phenols is 2. The molecule has 2 aromatic carbocycles. The van der Waals surface area contributed by atoms with E-state index in [2.05, 4.69) is 24.8 Å². The molecule has 0 spiro atoms. The molecule has 2 aliphatic heterocycles. The first-order valence-electron chi connectivity index (χ1n) is 14.8. The predicted molar refractivity (Wildman–Crippen MR) is 184 cm³/mol. The molecule has 0 atom stereocenters. The molecule has 0 unspecified atom stereocenters. The number of nitrogens with two attached hydrogens (primary N) is 1. The Labute approximate surface area is 280 Å². The van der Waals surface area contributed by atoms with Crippen LogP contribution in [0.25, 0.3) is 21.8 Å². The summed E-state index contributed by atoms with van der Waals surface area (Å²) in [6.45, 7) is 7.84. The highest BCUT2D eigenvalue weighted by Gasteiger charge is 2.25. The van der Waals surface area contributed by atoms with E-state index in [9.17, 15) is 27.0 Å². The van der Waals surface area contributed by atoms with Crippen molar-refractivity contribution in [3.63, 3.8) is 0 Å². The quantitative estimate of drug-likeness (QED) is 0.279. The number of aromatic nitrogens is 4. The van der Waals surface area contributed by atoms with Crippen molar-refractivity contribution in [2.45, 2.75) is 26.7 Å². The van der Waals surface area contributed by atoms with Crippen molar-refractivity contribution in [1.29, 1.82) is 0 Å². The second kappa shape index (κ2) is 14.7. The first-order valence-corrected chi connectivity index (χ1v) is 18.2. The van der Waals surface area contributed by atoms with Crippen LogP contribution in [0, 0.1) is 13.8 Å². The lowest BCUT2D eigenvalue weighted by atomic mass is 10.1. The molecule has 4 aromatic rings. The number of rotatable bonds is 4. The van der Waals surface area contributed by atoms with Gasteiger partial charge in [-0.3, -0.25) is 0 Å². The summed E-state index contributed by atoms with van der Waals surface area (Å²) in [6, 6.07) is 6.97. The van der Waals surface area contributed by atoms with E-state index in [-0.39, 0.29) is 23.9 Å². The Balaban J connectivity index is 0.000000208. The molecule has 0 saturated carbocycles. The van der Waals surface area contributed by atoms with Crippen LogP contribution in [0.5, 0.6) is 11.5 Å². The minimum atomic E-state index is -3.67. The van der Waals surface area contributed by atoms with E-state index in [1.165, 1.54) is 27.5 Å². The zero-order chi connectivity index (χ0) is 33.2. The number of phenolic OH excluding ortho intramolecular Hbond substituents is 2. The molecule has 2 aliphatic rings. The van der Waals surface area contributed by atoms with Gasteiger partial charge < -0.3 is 20.0 Å². The highest BCUT2D eigenvalue weighted by Crippen LogP contribution is 2.30. The van der Waals surface area contributed by atoms with E-state index in [1.54, 1.807) is 12.1 Å².